The Labute approximate surface area is 119 Å². The largest absolute Gasteiger partial charge is 0.314 e. The van der Waals surface area contributed by atoms with Gasteiger partial charge in [0, 0.05) is 38.3 Å². The molecule has 0 aromatic heterocycles. The fraction of sp³-hybridized carbons (Fsp3) is 1.00. The van der Waals surface area contributed by atoms with E-state index in [2.05, 4.69) is 35.9 Å². The van der Waals surface area contributed by atoms with Crippen molar-refractivity contribution >= 4 is 0 Å². The molecule has 3 heteroatoms. The molecule has 1 saturated heterocycles. The van der Waals surface area contributed by atoms with Crippen LogP contribution in [0.1, 0.15) is 46.5 Å². The molecule has 2 aliphatic rings. The molecule has 0 aromatic carbocycles. The van der Waals surface area contributed by atoms with E-state index in [-0.39, 0.29) is 0 Å². The standard InChI is InChI=1S/C16H33N3/c1-4-17-16-9-7-6-8-15(16)13-18-10-11-19(5-2)14(3)12-18/h14-17H,4-13H2,1-3H3. The maximum absolute atomic E-state index is 3.72. The van der Waals surface area contributed by atoms with Crippen LogP contribution in [0.2, 0.25) is 0 Å². The Morgan fingerprint density at radius 2 is 1.89 bits per heavy atom. The van der Waals surface area contributed by atoms with Crippen molar-refractivity contribution in [1.82, 2.24) is 15.1 Å². The van der Waals surface area contributed by atoms with E-state index in [4.69, 9.17) is 0 Å². The molecule has 3 atom stereocenters. The Balaban J connectivity index is 1.82. The molecule has 0 aromatic rings. The van der Waals surface area contributed by atoms with E-state index < -0.39 is 0 Å². The highest BCUT2D eigenvalue weighted by molar-refractivity contribution is 4.86. The molecule has 1 aliphatic carbocycles. The molecule has 1 N–H and O–H groups in total. The minimum Gasteiger partial charge on any atom is -0.314 e. The molecule has 3 nitrogen and oxygen atoms in total. The van der Waals surface area contributed by atoms with Crippen molar-refractivity contribution in [3.63, 3.8) is 0 Å². The van der Waals surface area contributed by atoms with Crippen molar-refractivity contribution in [3.8, 4) is 0 Å². The van der Waals surface area contributed by atoms with Crippen LogP contribution >= 0.6 is 0 Å². The van der Waals surface area contributed by atoms with Gasteiger partial charge in [-0.15, -0.1) is 0 Å². The predicted octanol–water partition coefficient (Wildman–Crippen LogP) is 2.18. The van der Waals surface area contributed by atoms with Crippen molar-refractivity contribution < 1.29 is 0 Å². The minimum atomic E-state index is 0.736. The maximum atomic E-state index is 3.72. The van der Waals surface area contributed by atoms with Gasteiger partial charge in [-0.05, 0) is 38.8 Å². The zero-order valence-corrected chi connectivity index (χ0v) is 13.2. The first-order valence-electron chi connectivity index (χ1n) is 8.44. The molecule has 1 saturated carbocycles. The monoisotopic (exact) mass is 267 g/mol. The minimum absolute atomic E-state index is 0.736. The normalized spacial score (nSPS) is 34.6. The molecule has 1 heterocycles. The highest BCUT2D eigenvalue weighted by Gasteiger charge is 2.29. The van der Waals surface area contributed by atoms with Gasteiger partial charge < -0.3 is 10.2 Å². The van der Waals surface area contributed by atoms with E-state index >= 15 is 0 Å². The quantitative estimate of drug-likeness (QED) is 0.824. The summed E-state index contributed by atoms with van der Waals surface area (Å²) in [7, 11) is 0. The summed E-state index contributed by atoms with van der Waals surface area (Å²) in [6.07, 6.45) is 5.69. The lowest BCUT2D eigenvalue weighted by molar-refractivity contribution is 0.0658. The summed E-state index contributed by atoms with van der Waals surface area (Å²) in [6.45, 7) is 14.4. The van der Waals surface area contributed by atoms with Crippen LogP contribution in [0.3, 0.4) is 0 Å². The molecule has 1 aliphatic heterocycles. The number of nitrogens with one attached hydrogen (secondary N) is 1. The van der Waals surface area contributed by atoms with E-state index in [1.165, 1.54) is 58.4 Å². The molecule has 0 amide bonds. The van der Waals surface area contributed by atoms with Crippen molar-refractivity contribution in [1.29, 1.82) is 0 Å². The Morgan fingerprint density at radius 3 is 2.58 bits per heavy atom. The van der Waals surface area contributed by atoms with Crippen molar-refractivity contribution in [2.75, 3.05) is 39.3 Å². The first-order valence-corrected chi connectivity index (χ1v) is 8.44. The number of rotatable bonds is 5. The first-order chi connectivity index (χ1) is 9.24. The van der Waals surface area contributed by atoms with Crippen molar-refractivity contribution in [2.24, 2.45) is 5.92 Å². The van der Waals surface area contributed by atoms with Gasteiger partial charge in [0.05, 0.1) is 0 Å². The highest BCUT2D eigenvalue weighted by Crippen LogP contribution is 2.26. The Morgan fingerprint density at radius 1 is 1.11 bits per heavy atom. The number of hydrogen-bond acceptors (Lipinski definition) is 3. The van der Waals surface area contributed by atoms with Crippen molar-refractivity contribution in [2.45, 2.75) is 58.5 Å². The summed E-state index contributed by atoms with van der Waals surface area (Å²) in [5.74, 6) is 0.883. The average molecular weight is 267 g/mol. The van der Waals surface area contributed by atoms with E-state index in [1.807, 2.05) is 0 Å². The topological polar surface area (TPSA) is 18.5 Å². The van der Waals surface area contributed by atoms with Crippen LogP contribution in [0, 0.1) is 5.92 Å². The third kappa shape index (κ3) is 4.17. The van der Waals surface area contributed by atoms with Crippen LogP contribution in [0.15, 0.2) is 0 Å². The van der Waals surface area contributed by atoms with Crippen LogP contribution in [-0.4, -0.2) is 61.2 Å². The summed E-state index contributed by atoms with van der Waals surface area (Å²) < 4.78 is 0. The smallest absolute Gasteiger partial charge is 0.0195 e. The first kappa shape index (κ1) is 15.3. The molecule has 19 heavy (non-hydrogen) atoms. The van der Waals surface area contributed by atoms with Crippen LogP contribution in [-0.2, 0) is 0 Å². The number of nitrogens with zero attached hydrogens (tertiary/aromatic N) is 2. The molecule has 2 rings (SSSR count). The lowest BCUT2D eigenvalue weighted by Crippen LogP contribution is -2.54. The van der Waals surface area contributed by atoms with Gasteiger partial charge in [0.15, 0.2) is 0 Å². The molecule has 0 spiro atoms. The molecule has 2 fully saturated rings. The van der Waals surface area contributed by atoms with Gasteiger partial charge in [-0.2, -0.15) is 0 Å². The second-order valence-corrected chi connectivity index (χ2v) is 6.45. The third-order valence-electron chi connectivity index (χ3n) is 5.12. The second-order valence-electron chi connectivity index (χ2n) is 6.45. The number of likely N-dealkylation sites (N-methyl/N-ethyl adjacent to an activating group) is 1. The second kappa shape index (κ2) is 7.61. The van der Waals surface area contributed by atoms with Gasteiger partial charge >= 0.3 is 0 Å². The molecular formula is C16H33N3. The van der Waals surface area contributed by atoms with E-state index in [0.717, 1.165) is 24.5 Å². The third-order valence-corrected chi connectivity index (χ3v) is 5.12. The molecule has 0 radical (unpaired) electrons. The predicted molar refractivity (Wildman–Crippen MR) is 82.6 cm³/mol. The zero-order valence-electron chi connectivity index (χ0n) is 13.2. The van der Waals surface area contributed by atoms with Crippen LogP contribution in [0.5, 0.6) is 0 Å². The van der Waals surface area contributed by atoms with Gasteiger partial charge in [0.2, 0.25) is 0 Å². The summed E-state index contributed by atoms with van der Waals surface area (Å²) in [5.41, 5.74) is 0. The fourth-order valence-corrected chi connectivity index (χ4v) is 4.00. The molecule has 3 unspecified atom stereocenters. The molecular weight excluding hydrogens is 234 g/mol. The Hall–Kier alpha value is -0.120. The summed E-state index contributed by atoms with van der Waals surface area (Å²) in [6, 6.07) is 1.51. The van der Waals surface area contributed by atoms with Gasteiger partial charge in [0.1, 0.15) is 0 Å². The molecule has 112 valence electrons. The lowest BCUT2D eigenvalue weighted by atomic mass is 9.84. The van der Waals surface area contributed by atoms with E-state index in [0.29, 0.717) is 0 Å². The SMILES string of the molecule is CCNC1CCCCC1CN1CCN(CC)C(C)C1. The van der Waals surface area contributed by atoms with E-state index in [1.54, 1.807) is 0 Å². The van der Waals surface area contributed by atoms with Crippen LogP contribution in [0.25, 0.3) is 0 Å². The highest BCUT2D eigenvalue weighted by atomic mass is 15.3. The van der Waals surface area contributed by atoms with Crippen LogP contribution in [0.4, 0.5) is 0 Å². The Bertz CT molecular complexity index is 254. The number of piperazine rings is 1. The van der Waals surface area contributed by atoms with Gasteiger partial charge in [-0.1, -0.05) is 26.7 Å². The number of hydrogen-bond donors (Lipinski definition) is 1. The summed E-state index contributed by atoms with van der Waals surface area (Å²) in [4.78, 5) is 5.33. The fourth-order valence-electron chi connectivity index (χ4n) is 4.00. The maximum Gasteiger partial charge on any atom is 0.0195 e. The average Bonchev–Trinajstić information content (AvgIpc) is 2.41. The van der Waals surface area contributed by atoms with Crippen LogP contribution < -0.4 is 5.32 Å². The molecule has 0 bridgehead atoms. The van der Waals surface area contributed by atoms with Gasteiger partial charge in [-0.25, -0.2) is 0 Å². The van der Waals surface area contributed by atoms with Gasteiger partial charge in [-0.3, -0.25) is 4.90 Å². The van der Waals surface area contributed by atoms with Gasteiger partial charge in [0.25, 0.3) is 0 Å². The van der Waals surface area contributed by atoms with E-state index in [9.17, 15) is 0 Å². The Kier molecular flexibility index (Phi) is 6.11. The zero-order chi connectivity index (χ0) is 13.7. The summed E-state index contributed by atoms with van der Waals surface area (Å²) in [5, 5.41) is 3.72. The van der Waals surface area contributed by atoms with Crippen molar-refractivity contribution in [3.05, 3.63) is 0 Å². The summed E-state index contributed by atoms with van der Waals surface area (Å²) >= 11 is 0. The lowest BCUT2D eigenvalue weighted by Gasteiger charge is -2.42.